The lowest BCUT2D eigenvalue weighted by molar-refractivity contribution is -0.0498. The van der Waals surface area contributed by atoms with E-state index in [9.17, 15) is 13.6 Å². The summed E-state index contributed by atoms with van der Waals surface area (Å²) in [6.45, 7) is -2.84. The molecule has 1 heterocycles. The highest BCUT2D eigenvalue weighted by Crippen LogP contribution is 2.20. The van der Waals surface area contributed by atoms with Gasteiger partial charge in [0.1, 0.15) is 5.75 Å². The third-order valence-corrected chi connectivity index (χ3v) is 2.05. The fourth-order valence-electron chi connectivity index (χ4n) is 1.31. The number of alkyl halides is 2. The molecule has 0 amide bonds. The SMILES string of the molecule is O=c1ccc(-c2ccc(OC(F)F)cc2)n[nH]1. The predicted molar refractivity (Wildman–Crippen MR) is 56.9 cm³/mol. The topological polar surface area (TPSA) is 55.0 Å². The number of aromatic nitrogens is 2. The van der Waals surface area contributed by atoms with Gasteiger partial charge in [-0.2, -0.15) is 13.9 Å². The van der Waals surface area contributed by atoms with Gasteiger partial charge in [0.05, 0.1) is 5.69 Å². The molecule has 1 N–H and O–H groups in total. The second kappa shape index (κ2) is 4.73. The average molecular weight is 238 g/mol. The molecular weight excluding hydrogens is 230 g/mol. The molecule has 17 heavy (non-hydrogen) atoms. The molecule has 0 saturated heterocycles. The lowest BCUT2D eigenvalue weighted by atomic mass is 10.1. The fraction of sp³-hybridized carbons (Fsp3) is 0.0909. The van der Waals surface area contributed by atoms with Gasteiger partial charge >= 0.3 is 6.61 Å². The van der Waals surface area contributed by atoms with Crippen molar-refractivity contribution in [3.05, 3.63) is 46.8 Å². The maximum atomic E-state index is 11.9. The van der Waals surface area contributed by atoms with E-state index in [4.69, 9.17) is 0 Å². The highest BCUT2D eigenvalue weighted by atomic mass is 19.3. The number of aromatic amines is 1. The van der Waals surface area contributed by atoms with Crippen LogP contribution in [0.25, 0.3) is 11.3 Å². The van der Waals surface area contributed by atoms with Crippen LogP contribution in [0, 0.1) is 0 Å². The normalized spacial score (nSPS) is 10.5. The molecule has 6 heteroatoms. The van der Waals surface area contributed by atoms with Gasteiger partial charge in [-0.3, -0.25) is 4.79 Å². The molecule has 0 aliphatic carbocycles. The molecule has 1 aromatic carbocycles. The van der Waals surface area contributed by atoms with Crippen LogP contribution in [-0.4, -0.2) is 16.8 Å². The first-order chi connectivity index (χ1) is 8.15. The molecule has 0 fully saturated rings. The number of nitrogens with one attached hydrogen (secondary N) is 1. The van der Waals surface area contributed by atoms with Gasteiger partial charge in [0.15, 0.2) is 0 Å². The Hall–Kier alpha value is -2.24. The quantitative estimate of drug-likeness (QED) is 0.890. The van der Waals surface area contributed by atoms with Crippen LogP contribution in [0.3, 0.4) is 0 Å². The summed E-state index contributed by atoms with van der Waals surface area (Å²) in [7, 11) is 0. The van der Waals surface area contributed by atoms with Gasteiger partial charge in [0, 0.05) is 11.6 Å². The lowest BCUT2D eigenvalue weighted by Crippen LogP contribution is -2.05. The zero-order valence-corrected chi connectivity index (χ0v) is 8.56. The predicted octanol–water partition coefficient (Wildman–Crippen LogP) is 2.04. The zero-order chi connectivity index (χ0) is 12.3. The molecule has 88 valence electrons. The number of rotatable bonds is 3. The first kappa shape index (κ1) is 11.3. The number of hydrogen-bond donors (Lipinski definition) is 1. The van der Waals surface area contributed by atoms with Crippen LogP contribution < -0.4 is 10.3 Å². The molecule has 1 aromatic heterocycles. The van der Waals surface area contributed by atoms with Gasteiger partial charge in [-0.05, 0) is 30.3 Å². The third-order valence-electron chi connectivity index (χ3n) is 2.05. The minimum absolute atomic E-state index is 0.0770. The third kappa shape index (κ3) is 2.87. The molecule has 0 saturated carbocycles. The van der Waals surface area contributed by atoms with E-state index in [-0.39, 0.29) is 11.3 Å². The summed E-state index contributed by atoms with van der Waals surface area (Å²) in [5, 5.41) is 6.10. The van der Waals surface area contributed by atoms with Crippen molar-refractivity contribution in [2.75, 3.05) is 0 Å². The highest BCUT2D eigenvalue weighted by Gasteiger charge is 2.04. The summed E-state index contributed by atoms with van der Waals surface area (Å²) in [6, 6.07) is 8.87. The maximum Gasteiger partial charge on any atom is 0.387 e. The second-order valence-electron chi connectivity index (χ2n) is 3.21. The van der Waals surface area contributed by atoms with Gasteiger partial charge in [-0.15, -0.1) is 0 Å². The summed E-state index contributed by atoms with van der Waals surface area (Å²) in [5.74, 6) is 0.0770. The van der Waals surface area contributed by atoms with Crippen molar-refractivity contribution in [1.82, 2.24) is 10.2 Å². The van der Waals surface area contributed by atoms with E-state index in [0.717, 1.165) is 0 Å². The van der Waals surface area contributed by atoms with Crippen molar-refractivity contribution in [3.63, 3.8) is 0 Å². The number of ether oxygens (including phenoxy) is 1. The number of nitrogens with zero attached hydrogens (tertiary/aromatic N) is 1. The van der Waals surface area contributed by atoms with Crippen molar-refractivity contribution in [3.8, 4) is 17.0 Å². The van der Waals surface area contributed by atoms with Crippen LogP contribution in [0.2, 0.25) is 0 Å². The molecule has 0 radical (unpaired) electrons. The molecule has 2 aromatic rings. The summed E-state index contributed by atoms with van der Waals surface area (Å²) >= 11 is 0. The Morgan fingerprint density at radius 1 is 1.12 bits per heavy atom. The van der Waals surface area contributed by atoms with Crippen LogP contribution in [0.1, 0.15) is 0 Å². The van der Waals surface area contributed by atoms with Crippen LogP contribution in [-0.2, 0) is 0 Å². The van der Waals surface area contributed by atoms with Crippen molar-refractivity contribution in [2.45, 2.75) is 6.61 Å². The molecule has 0 bridgehead atoms. The molecular formula is C11H8F2N2O2. The Bertz CT molecular complexity index is 532. The van der Waals surface area contributed by atoms with E-state index >= 15 is 0 Å². The number of hydrogen-bond acceptors (Lipinski definition) is 3. The smallest absolute Gasteiger partial charge is 0.387 e. The largest absolute Gasteiger partial charge is 0.435 e. The zero-order valence-electron chi connectivity index (χ0n) is 8.56. The monoisotopic (exact) mass is 238 g/mol. The van der Waals surface area contributed by atoms with Crippen molar-refractivity contribution in [1.29, 1.82) is 0 Å². The summed E-state index contributed by atoms with van der Waals surface area (Å²) in [6.07, 6.45) is 0. The van der Waals surface area contributed by atoms with E-state index in [1.165, 1.54) is 18.2 Å². The van der Waals surface area contributed by atoms with E-state index in [1.807, 2.05) is 0 Å². The molecule has 0 aliphatic heterocycles. The summed E-state index contributed by atoms with van der Waals surface area (Å²) < 4.78 is 28.0. The van der Waals surface area contributed by atoms with E-state index in [2.05, 4.69) is 14.9 Å². The number of benzene rings is 1. The molecule has 2 rings (SSSR count). The van der Waals surface area contributed by atoms with Gasteiger partial charge in [-0.1, -0.05) is 0 Å². The lowest BCUT2D eigenvalue weighted by Gasteiger charge is -2.05. The van der Waals surface area contributed by atoms with E-state index in [1.54, 1.807) is 18.2 Å². The summed E-state index contributed by atoms with van der Waals surface area (Å²) in [4.78, 5) is 10.8. The van der Waals surface area contributed by atoms with E-state index < -0.39 is 6.61 Å². The Morgan fingerprint density at radius 2 is 1.82 bits per heavy atom. The molecule has 0 atom stereocenters. The molecule has 4 nitrogen and oxygen atoms in total. The average Bonchev–Trinajstić information content (AvgIpc) is 2.30. The Kier molecular flexibility index (Phi) is 3.13. The molecule has 0 spiro atoms. The van der Waals surface area contributed by atoms with Gasteiger partial charge < -0.3 is 4.74 Å². The Balaban J connectivity index is 2.23. The minimum atomic E-state index is -2.84. The maximum absolute atomic E-state index is 11.9. The van der Waals surface area contributed by atoms with Crippen LogP contribution >= 0.6 is 0 Å². The van der Waals surface area contributed by atoms with Gasteiger partial charge in [-0.25, -0.2) is 5.10 Å². The van der Waals surface area contributed by atoms with Crippen LogP contribution in [0.15, 0.2) is 41.2 Å². The second-order valence-corrected chi connectivity index (χ2v) is 3.21. The van der Waals surface area contributed by atoms with Gasteiger partial charge in [0.25, 0.3) is 5.56 Å². The number of halogens is 2. The van der Waals surface area contributed by atoms with Crippen LogP contribution in [0.5, 0.6) is 5.75 Å². The standard InChI is InChI=1S/C11H8F2N2O2/c12-11(13)17-8-3-1-7(2-4-8)9-5-6-10(16)15-14-9/h1-6,11H,(H,15,16). The van der Waals surface area contributed by atoms with Crippen molar-refractivity contribution < 1.29 is 13.5 Å². The molecule has 0 aliphatic rings. The van der Waals surface area contributed by atoms with E-state index in [0.29, 0.717) is 11.3 Å². The Morgan fingerprint density at radius 3 is 2.35 bits per heavy atom. The number of H-pyrrole nitrogens is 1. The summed E-state index contributed by atoms with van der Waals surface area (Å²) in [5.41, 5.74) is 0.947. The Labute approximate surface area is 94.9 Å². The van der Waals surface area contributed by atoms with Crippen molar-refractivity contribution >= 4 is 0 Å². The minimum Gasteiger partial charge on any atom is -0.435 e. The van der Waals surface area contributed by atoms with Crippen LogP contribution in [0.4, 0.5) is 8.78 Å². The first-order valence-corrected chi connectivity index (χ1v) is 4.76. The molecule has 0 unspecified atom stereocenters. The first-order valence-electron chi connectivity index (χ1n) is 4.76. The van der Waals surface area contributed by atoms with Crippen molar-refractivity contribution in [2.24, 2.45) is 0 Å². The van der Waals surface area contributed by atoms with Gasteiger partial charge in [0.2, 0.25) is 0 Å². The highest BCUT2D eigenvalue weighted by molar-refractivity contribution is 5.59. The fourth-order valence-corrected chi connectivity index (χ4v) is 1.31.